The molecule has 0 spiro atoms. The molecule has 0 bridgehead atoms. The molecule has 0 amide bonds. The van der Waals surface area contributed by atoms with Gasteiger partial charge >= 0.3 is 0 Å². The second-order valence-electron chi connectivity index (χ2n) is 3.31. The first kappa shape index (κ1) is 8.99. The Kier molecular flexibility index (Phi) is 2.62. The Labute approximate surface area is 83.5 Å². The number of hydrogen-bond donors (Lipinski definition) is 2. The molecule has 4 heteroatoms. The molecule has 0 fully saturated rings. The number of aromatic nitrogens is 1. The molecule has 1 atom stereocenters. The van der Waals surface area contributed by atoms with Crippen LogP contribution in [0, 0.1) is 0 Å². The fourth-order valence-electron chi connectivity index (χ4n) is 1.42. The van der Waals surface area contributed by atoms with Crippen LogP contribution in [0.5, 0.6) is 0 Å². The number of pyridine rings is 1. The van der Waals surface area contributed by atoms with E-state index in [9.17, 15) is 0 Å². The molecule has 1 aliphatic rings. The number of rotatable bonds is 2. The summed E-state index contributed by atoms with van der Waals surface area (Å²) in [5.74, 6) is 0.890. The van der Waals surface area contributed by atoms with E-state index in [-0.39, 0.29) is 6.04 Å². The van der Waals surface area contributed by atoms with E-state index in [2.05, 4.69) is 33.6 Å². The smallest absolute Gasteiger partial charge is 0.191 e. The van der Waals surface area contributed by atoms with Crippen molar-refractivity contribution in [1.82, 2.24) is 15.6 Å². The Balaban J connectivity index is 1.99. The molecular weight excluding hydrogens is 176 g/mol. The van der Waals surface area contributed by atoms with Crippen LogP contribution in [-0.4, -0.2) is 24.0 Å². The maximum absolute atomic E-state index is 4.28. The van der Waals surface area contributed by atoms with Gasteiger partial charge < -0.3 is 10.6 Å². The van der Waals surface area contributed by atoms with Crippen LogP contribution in [0.2, 0.25) is 0 Å². The van der Waals surface area contributed by atoms with E-state index in [1.165, 1.54) is 5.56 Å². The lowest BCUT2D eigenvalue weighted by Crippen LogP contribution is -2.35. The molecule has 4 nitrogen and oxygen atoms in total. The van der Waals surface area contributed by atoms with Crippen molar-refractivity contribution in [1.29, 1.82) is 0 Å². The van der Waals surface area contributed by atoms with Gasteiger partial charge in [0, 0.05) is 18.9 Å². The topological polar surface area (TPSA) is 49.3 Å². The van der Waals surface area contributed by atoms with Gasteiger partial charge in [0.1, 0.15) is 0 Å². The first-order chi connectivity index (χ1) is 6.86. The zero-order valence-corrected chi connectivity index (χ0v) is 8.20. The van der Waals surface area contributed by atoms with E-state index in [0.717, 1.165) is 19.0 Å². The van der Waals surface area contributed by atoms with E-state index in [4.69, 9.17) is 0 Å². The third kappa shape index (κ3) is 2.02. The maximum Gasteiger partial charge on any atom is 0.191 e. The minimum Gasteiger partial charge on any atom is -0.355 e. The number of aliphatic imine (C=N–C) groups is 1. The molecule has 1 aliphatic heterocycles. The normalized spacial score (nSPS) is 17.1. The highest BCUT2D eigenvalue weighted by Crippen LogP contribution is 2.09. The van der Waals surface area contributed by atoms with Gasteiger partial charge in [-0.25, -0.2) is 0 Å². The molecule has 74 valence electrons. The van der Waals surface area contributed by atoms with Gasteiger partial charge in [-0.15, -0.1) is 0 Å². The second kappa shape index (κ2) is 4.09. The highest BCUT2D eigenvalue weighted by atomic mass is 15.2. The summed E-state index contributed by atoms with van der Waals surface area (Å²) in [6.45, 7) is 3.89. The van der Waals surface area contributed by atoms with Crippen LogP contribution in [0.4, 0.5) is 0 Å². The molecule has 0 radical (unpaired) electrons. The number of nitrogens with zero attached hydrogens (tertiary/aromatic N) is 2. The summed E-state index contributed by atoms with van der Waals surface area (Å²) in [6.07, 6.45) is 3.65. The van der Waals surface area contributed by atoms with Crippen molar-refractivity contribution < 1.29 is 0 Å². The van der Waals surface area contributed by atoms with Crippen LogP contribution < -0.4 is 10.6 Å². The summed E-state index contributed by atoms with van der Waals surface area (Å²) in [7, 11) is 0. The van der Waals surface area contributed by atoms with Crippen molar-refractivity contribution in [2.45, 2.75) is 13.0 Å². The second-order valence-corrected chi connectivity index (χ2v) is 3.31. The van der Waals surface area contributed by atoms with Gasteiger partial charge in [-0.05, 0) is 18.6 Å². The largest absolute Gasteiger partial charge is 0.355 e. The average molecular weight is 190 g/mol. The third-order valence-corrected chi connectivity index (χ3v) is 2.21. The summed E-state index contributed by atoms with van der Waals surface area (Å²) in [4.78, 5) is 8.36. The van der Waals surface area contributed by atoms with E-state index < -0.39 is 0 Å². The van der Waals surface area contributed by atoms with Gasteiger partial charge in [-0.2, -0.15) is 0 Å². The Morgan fingerprint density at radius 2 is 2.50 bits per heavy atom. The van der Waals surface area contributed by atoms with Gasteiger partial charge in [0.15, 0.2) is 5.96 Å². The first-order valence-corrected chi connectivity index (χ1v) is 4.81. The standard InChI is InChI=1S/C10H14N4/c1-8(9-3-2-4-11-7-9)14-10-12-5-6-13-10/h2-4,7-8H,5-6H2,1H3,(H2,12,13,14)/t8-/m1/s1. The van der Waals surface area contributed by atoms with Gasteiger partial charge in [0.25, 0.3) is 0 Å². The monoisotopic (exact) mass is 190 g/mol. The fourth-order valence-corrected chi connectivity index (χ4v) is 1.42. The lowest BCUT2D eigenvalue weighted by Gasteiger charge is -2.14. The minimum absolute atomic E-state index is 0.244. The van der Waals surface area contributed by atoms with E-state index in [1.54, 1.807) is 6.20 Å². The summed E-state index contributed by atoms with van der Waals surface area (Å²) in [6, 6.07) is 4.24. The summed E-state index contributed by atoms with van der Waals surface area (Å²) < 4.78 is 0. The van der Waals surface area contributed by atoms with Crippen molar-refractivity contribution in [2.24, 2.45) is 4.99 Å². The van der Waals surface area contributed by atoms with Crippen molar-refractivity contribution in [3.63, 3.8) is 0 Å². The first-order valence-electron chi connectivity index (χ1n) is 4.81. The molecule has 2 N–H and O–H groups in total. The van der Waals surface area contributed by atoms with E-state index >= 15 is 0 Å². The quantitative estimate of drug-likeness (QED) is 0.721. The molecule has 14 heavy (non-hydrogen) atoms. The summed E-state index contributed by atoms with van der Waals surface area (Å²) >= 11 is 0. The average Bonchev–Trinajstić information content (AvgIpc) is 2.72. The lowest BCUT2D eigenvalue weighted by atomic mass is 10.1. The Bertz CT molecular complexity index is 320. The number of nitrogens with one attached hydrogen (secondary N) is 2. The van der Waals surface area contributed by atoms with Crippen LogP contribution in [0.3, 0.4) is 0 Å². The van der Waals surface area contributed by atoms with Crippen LogP contribution in [0.25, 0.3) is 0 Å². The van der Waals surface area contributed by atoms with Gasteiger partial charge in [0.2, 0.25) is 0 Å². The Morgan fingerprint density at radius 3 is 3.14 bits per heavy atom. The van der Waals surface area contributed by atoms with E-state index in [1.807, 2.05) is 12.3 Å². The zero-order valence-electron chi connectivity index (χ0n) is 8.20. The van der Waals surface area contributed by atoms with Crippen LogP contribution in [0.15, 0.2) is 29.5 Å². The predicted octanol–water partition coefficient (Wildman–Crippen LogP) is 0.691. The molecule has 2 heterocycles. The van der Waals surface area contributed by atoms with Crippen molar-refractivity contribution in [2.75, 3.05) is 13.1 Å². The molecule has 1 aromatic rings. The van der Waals surface area contributed by atoms with Gasteiger partial charge in [-0.3, -0.25) is 9.98 Å². The summed E-state index contributed by atoms with van der Waals surface area (Å²) in [5, 5.41) is 6.47. The fraction of sp³-hybridized carbons (Fsp3) is 0.400. The molecule has 0 unspecified atom stereocenters. The maximum atomic E-state index is 4.28. The number of hydrogen-bond acceptors (Lipinski definition) is 4. The molecule has 1 aromatic heterocycles. The number of guanidine groups is 1. The highest BCUT2D eigenvalue weighted by molar-refractivity contribution is 5.81. The molecule has 0 saturated carbocycles. The Hall–Kier alpha value is -1.58. The van der Waals surface area contributed by atoms with E-state index in [0.29, 0.717) is 0 Å². The molecule has 0 saturated heterocycles. The highest BCUT2D eigenvalue weighted by Gasteiger charge is 2.09. The van der Waals surface area contributed by atoms with Gasteiger partial charge in [-0.1, -0.05) is 6.07 Å². The Morgan fingerprint density at radius 1 is 1.57 bits per heavy atom. The van der Waals surface area contributed by atoms with Crippen molar-refractivity contribution in [3.05, 3.63) is 30.1 Å². The van der Waals surface area contributed by atoms with Crippen LogP contribution in [0.1, 0.15) is 18.5 Å². The predicted molar refractivity (Wildman–Crippen MR) is 56.1 cm³/mol. The molecule has 0 aromatic carbocycles. The zero-order chi connectivity index (χ0) is 9.80. The van der Waals surface area contributed by atoms with Crippen LogP contribution in [-0.2, 0) is 0 Å². The van der Waals surface area contributed by atoms with Crippen LogP contribution >= 0.6 is 0 Å². The third-order valence-electron chi connectivity index (χ3n) is 2.21. The lowest BCUT2D eigenvalue weighted by molar-refractivity contribution is 0.699. The summed E-state index contributed by atoms with van der Waals surface area (Å²) in [5.41, 5.74) is 1.17. The molecular formula is C10H14N4. The minimum atomic E-state index is 0.244. The van der Waals surface area contributed by atoms with Crippen molar-refractivity contribution in [3.8, 4) is 0 Å². The van der Waals surface area contributed by atoms with Crippen molar-refractivity contribution >= 4 is 5.96 Å². The molecule has 0 aliphatic carbocycles. The SMILES string of the molecule is C[C@@H](NC1=NCCN1)c1cccnc1. The van der Waals surface area contributed by atoms with Gasteiger partial charge in [0.05, 0.1) is 12.6 Å². The molecule has 2 rings (SSSR count).